The molecular weight excluding hydrogens is 238 g/mol. The number of nitrogens with zero attached hydrogens (tertiary/aromatic N) is 4. The molecule has 1 amide bonds. The van der Waals surface area contributed by atoms with Crippen molar-refractivity contribution in [2.24, 2.45) is 7.05 Å². The summed E-state index contributed by atoms with van der Waals surface area (Å²) < 4.78 is 1.67. The van der Waals surface area contributed by atoms with Crippen LogP contribution in [0, 0.1) is 0 Å². The zero-order chi connectivity index (χ0) is 12.3. The number of nitrogens with one attached hydrogen (secondary N) is 1. The van der Waals surface area contributed by atoms with Gasteiger partial charge >= 0.3 is 0 Å². The Labute approximate surface area is 103 Å². The highest BCUT2D eigenvalue weighted by Gasteiger charge is 2.18. The maximum Gasteiger partial charge on any atom is 0.263 e. The van der Waals surface area contributed by atoms with Crippen molar-refractivity contribution in [1.82, 2.24) is 25.1 Å². The smallest absolute Gasteiger partial charge is 0.263 e. The van der Waals surface area contributed by atoms with Crippen molar-refractivity contribution >= 4 is 17.2 Å². The highest BCUT2D eigenvalue weighted by molar-refractivity contribution is 7.11. The number of amides is 1. The first-order chi connectivity index (χ1) is 8.22. The van der Waals surface area contributed by atoms with Gasteiger partial charge in [0.1, 0.15) is 17.0 Å². The lowest BCUT2D eigenvalue weighted by molar-refractivity contribution is 0.0937. The third-order valence-electron chi connectivity index (χ3n) is 2.43. The molecule has 7 heteroatoms. The first kappa shape index (κ1) is 11.7. The summed E-state index contributed by atoms with van der Waals surface area (Å²) in [6.07, 6.45) is 3.80. The van der Waals surface area contributed by atoms with Crippen molar-refractivity contribution in [3.8, 4) is 0 Å². The predicted octanol–water partition coefficient (Wildman–Crippen LogP) is 1.15. The van der Waals surface area contributed by atoms with E-state index in [-0.39, 0.29) is 11.9 Å². The molecule has 90 valence electrons. The Bertz CT molecular complexity index is 493. The van der Waals surface area contributed by atoms with Crippen LogP contribution in [0.3, 0.4) is 0 Å². The Morgan fingerprint density at radius 3 is 3.00 bits per heavy atom. The summed E-state index contributed by atoms with van der Waals surface area (Å²) in [5.74, 6) is 0.632. The normalized spacial score (nSPS) is 12.4. The molecule has 2 heterocycles. The molecule has 0 fully saturated rings. The molecule has 17 heavy (non-hydrogen) atoms. The second-order valence-electron chi connectivity index (χ2n) is 3.54. The van der Waals surface area contributed by atoms with Gasteiger partial charge in [0.05, 0.1) is 17.7 Å². The Morgan fingerprint density at radius 2 is 2.47 bits per heavy atom. The van der Waals surface area contributed by atoms with Crippen molar-refractivity contribution in [1.29, 1.82) is 0 Å². The average molecular weight is 251 g/mol. The number of aryl methyl sites for hydroxylation is 1. The van der Waals surface area contributed by atoms with E-state index in [1.165, 1.54) is 17.7 Å². The molecular formula is C10H13N5OS. The number of hydrogen-bond acceptors (Lipinski definition) is 5. The van der Waals surface area contributed by atoms with Crippen LogP contribution >= 0.6 is 11.3 Å². The predicted molar refractivity (Wildman–Crippen MR) is 63.6 cm³/mol. The minimum atomic E-state index is -0.128. The lowest BCUT2D eigenvalue weighted by Crippen LogP contribution is -2.29. The Balaban J connectivity index is 2.11. The molecule has 0 spiro atoms. The first-order valence-electron chi connectivity index (χ1n) is 5.25. The van der Waals surface area contributed by atoms with Gasteiger partial charge in [-0.15, -0.1) is 11.3 Å². The van der Waals surface area contributed by atoms with Crippen LogP contribution in [-0.2, 0) is 7.05 Å². The molecule has 2 rings (SSSR count). The lowest BCUT2D eigenvalue weighted by atomic mass is 10.2. The number of carbonyl (C=O) groups excluding carboxylic acids is 1. The summed E-state index contributed by atoms with van der Waals surface area (Å²) in [5.41, 5.74) is 1.64. The summed E-state index contributed by atoms with van der Waals surface area (Å²) in [6.45, 7) is 1.99. The first-order valence-corrected chi connectivity index (χ1v) is 6.13. The van der Waals surface area contributed by atoms with Gasteiger partial charge in [-0.05, 0) is 6.42 Å². The summed E-state index contributed by atoms with van der Waals surface area (Å²) in [7, 11) is 1.81. The van der Waals surface area contributed by atoms with E-state index in [0.717, 1.165) is 12.2 Å². The van der Waals surface area contributed by atoms with Crippen LogP contribution < -0.4 is 5.32 Å². The zero-order valence-corrected chi connectivity index (χ0v) is 10.4. The standard InChI is InChI=1S/C10H13N5OS/c1-3-7(9-12-5-13-15(9)2)14-10(16)8-4-11-6-17-8/h4-7H,3H2,1-2H3,(H,14,16)/t7-/m1/s1. The van der Waals surface area contributed by atoms with Crippen molar-refractivity contribution in [3.63, 3.8) is 0 Å². The van der Waals surface area contributed by atoms with E-state index in [2.05, 4.69) is 20.4 Å². The molecule has 0 bridgehead atoms. The van der Waals surface area contributed by atoms with Gasteiger partial charge in [0.25, 0.3) is 5.91 Å². The summed E-state index contributed by atoms with van der Waals surface area (Å²) >= 11 is 1.32. The van der Waals surface area contributed by atoms with E-state index in [4.69, 9.17) is 0 Å². The van der Waals surface area contributed by atoms with E-state index in [1.54, 1.807) is 16.4 Å². The van der Waals surface area contributed by atoms with Gasteiger partial charge in [0.2, 0.25) is 0 Å². The molecule has 1 N–H and O–H groups in total. The summed E-state index contributed by atoms with van der Waals surface area (Å²) in [5, 5.41) is 6.92. The van der Waals surface area contributed by atoms with Crippen molar-refractivity contribution in [2.45, 2.75) is 19.4 Å². The van der Waals surface area contributed by atoms with Gasteiger partial charge in [-0.1, -0.05) is 6.92 Å². The summed E-state index contributed by atoms with van der Waals surface area (Å²) in [6, 6.07) is -0.128. The van der Waals surface area contributed by atoms with E-state index in [9.17, 15) is 4.79 Å². The van der Waals surface area contributed by atoms with Crippen LogP contribution in [0.1, 0.15) is 34.9 Å². The number of thiazole rings is 1. The fraction of sp³-hybridized carbons (Fsp3) is 0.400. The third-order valence-corrected chi connectivity index (χ3v) is 3.20. The van der Waals surface area contributed by atoms with E-state index in [1.807, 2.05) is 14.0 Å². The number of carbonyl (C=O) groups is 1. The highest BCUT2D eigenvalue weighted by Crippen LogP contribution is 2.14. The quantitative estimate of drug-likeness (QED) is 0.884. The van der Waals surface area contributed by atoms with Gasteiger partial charge in [0.15, 0.2) is 0 Å². The number of hydrogen-bond donors (Lipinski definition) is 1. The molecule has 2 aromatic rings. The highest BCUT2D eigenvalue weighted by atomic mass is 32.1. The van der Waals surface area contributed by atoms with Crippen LogP contribution in [0.15, 0.2) is 18.0 Å². The van der Waals surface area contributed by atoms with Gasteiger partial charge in [-0.25, -0.2) is 4.98 Å². The molecule has 6 nitrogen and oxygen atoms in total. The van der Waals surface area contributed by atoms with Crippen molar-refractivity contribution < 1.29 is 4.79 Å². The average Bonchev–Trinajstić information content (AvgIpc) is 2.96. The summed E-state index contributed by atoms with van der Waals surface area (Å²) in [4.78, 5) is 20.5. The molecule has 0 radical (unpaired) electrons. The lowest BCUT2D eigenvalue weighted by Gasteiger charge is -2.15. The van der Waals surface area contributed by atoms with E-state index >= 15 is 0 Å². The molecule has 0 aromatic carbocycles. The van der Waals surface area contributed by atoms with Crippen LogP contribution in [0.2, 0.25) is 0 Å². The molecule has 0 unspecified atom stereocenters. The van der Waals surface area contributed by atoms with Gasteiger partial charge in [0, 0.05) is 7.05 Å². The fourth-order valence-corrected chi connectivity index (χ4v) is 2.05. The molecule has 0 saturated heterocycles. The number of aromatic nitrogens is 4. The van der Waals surface area contributed by atoms with Crippen molar-refractivity contribution in [2.75, 3.05) is 0 Å². The van der Waals surface area contributed by atoms with Gasteiger partial charge in [-0.2, -0.15) is 5.10 Å². The molecule has 1 atom stereocenters. The van der Waals surface area contributed by atoms with Gasteiger partial charge < -0.3 is 5.32 Å². The maximum absolute atomic E-state index is 11.9. The van der Waals surface area contributed by atoms with Crippen LogP contribution in [0.25, 0.3) is 0 Å². The maximum atomic E-state index is 11.9. The Kier molecular flexibility index (Phi) is 3.48. The topological polar surface area (TPSA) is 72.7 Å². The Hall–Kier alpha value is -1.76. The second-order valence-corrected chi connectivity index (χ2v) is 4.43. The van der Waals surface area contributed by atoms with E-state index < -0.39 is 0 Å². The van der Waals surface area contributed by atoms with Gasteiger partial charge in [-0.3, -0.25) is 14.5 Å². The van der Waals surface area contributed by atoms with Crippen LogP contribution in [0.5, 0.6) is 0 Å². The largest absolute Gasteiger partial charge is 0.341 e. The molecule has 0 aliphatic carbocycles. The second kappa shape index (κ2) is 5.05. The zero-order valence-electron chi connectivity index (χ0n) is 9.62. The van der Waals surface area contributed by atoms with E-state index in [0.29, 0.717) is 4.88 Å². The van der Waals surface area contributed by atoms with Crippen LogP contribution in [0.4, 0.5) is 0 Å². The minimum Gasteiger partial charge on any atom is -0.341 e. The third kappa shape index (κ3) is 2.50. The molecule has 0 aliphatic rings. The SMILES string of the molecule is CC[C@@H](NC(=O)c1cncs1)c1ncnn1C. The molecule has 2 aromatic heterocycles. The molecule has 0 saturated carbocycles. The van der Waals surface area contributed by atoms with Crippen LogP contribution in [-0.4, -0.2) is 25.7 Å². The number of rotatable bonds is 4. The molecule has 0 aliphatic heterocycles. The fourth-order valence-electron chi connectivity index (χ4n) is 1.53. The minimum absolute atomic E-state index is 0.123. The Morgan fingerprint density at radius 1 is 1.65 bits per heavy atom. The monoisotopic (exact) mass is 251 g/mol. The van der Waals surface area contributed by atoms with Crippen molar-refractivity contribution in [3.05, 3.63) is 28.7 Å².